The normalized spacial score (nSPS) is 15.4. The molecule has 2 aromatic heterocycles. The van der Waals surface area contributed by atoms with Crippen molar-refractivity contribution < 1.29 is 26.8 Å². The molecule has 13 heteroatoms. The third-order valence-electron chi connectivity index (χ3n) is 5.29. The van der Waals surface area contributed by atoms with Crippen LogP contribution >= 0.6 is 0 Å². The number of furan rings is 1. The molecule has 1 aliphatic rings. The molecule has 34 heavy (non-hydrogen) atoms. The van der Waals surface area contributed by atoms with E-state index in [1.54, 1.807) is 25.1 Å². The number of hydrogen-bond acceptors (Lipinski definition) is 7. The summed E-state index contributed by atoms with van der Waals surface area (Å²) in [5.41, 5.74) is 6.39. The number of amides is 2. The molecule has 2 amide bonds. The molecular formula is C21H23FN6O5S. The highest BCUT2D eigenvalue weighted by Crippen LogP contribution is 2.21. The number of rotatable bonds is 7. The van der Waals surface area contributed by atoms with Crippen molar-refractivity contribution in [2.45, 2.75) is 12.0 Å². The van der Waals surface area contributed by atoms with Crippen LogP contribution in [0.4, 0.5) is 10.2 Å². The molecule has 4 rings (SSSR count). The van der Waals surface area contributed by atoms with Crippen LogP contribution in [0.25, 0.3) is 5.69 Å². The van der Waals surface area contributed by atoms with Crippen LogP contribution in [-0.2, 0) is 14.8 Å². The quantitative estimate of drug-likeness (QED) is 0.502. The molecule has 0 radical (unpaired) electrons. The van der Waals surface area contributed by atoms with Gasteiger partial charge >= 0.3 is 0 Å². The van der Waals surface area contributed by atoms with Crippen molar-refractivity contribution in [2.75, 3.05) is 38.0 Å². The number of nitrogens with zero attached hydrogens (tertiary/aromatic N) is 4. The molecule has 1 saturated heterocycles. The van der Waals surface area contributed by atoms with E-state index in [-0.39, 0.29) is 42.2 Å². The van der Waals surface area contributed by atoms with Gasteiger partial charge in [-0.25, -0.2) is 17.5 Å². The van der Waals surface area contributed by atoms with Gasteiger partial charge in [-0.1, -0.05) is 0 Å². The number of nitrogens with two attached hydrogens (primary N) is 1. The van der Waals surface area contributed by atoms with Crippen LogP contribution in [0.15, 0.2) is 52.0 Å². The fourth-order valence-electron chi connectivity index (χ4n) is 3.60. The zero-order valence-corrected chi connectivity index (χ0v) is 19.1. The van der Waals surface area contributed by atoms with Gasteiger partial charge in [-0.05, 0) is 43.3 Å². The molecule has 3 heterocycles. The van der Waals surface area contributed by atoms with Crippen molar-refractivity contribution >= 4 is 27.7 Å². The summed E-state index contributed by atoms with van der Waals surface area (Å²) in [6.07, 6.45) is 0. The molecule has 0 bridgehead atoms. The van der Waals surface area contributed by atoms with Crippen LogP contribution in [0.2, 0.25) is 0 Å². The van der Waals surface area contributed by atoms with E-state index in [9.17, 15) is 22.4 Å². The molecule has 1 aliphatic heterocycles. The number of carbonyl (C=O) groups is 2. The summed E-state index contributed by atoms with van der Waals surface area (Å²) >= 11 is 0. The first-order valence-corrected chi connectivity index (χ1v) is 11.8. The second-order valence-electron chi connectivity index (χ2n) is 7.77. The zero-order valence-electron chi connectivity index (χ0n) is 18.3. The van der Waals surface area contributed by atoms with Crippen molar-refractivity contribution in [1.82, 2.24) is 19.0 Å². The van der Waals surface area contributed by atoms with Gasteiger partial charge in [-0.3, -0.25) is 14.5 Å². The predicted molar refractivity (Wildman–Crippen MR) is 119 cm³/mol. The van der Waals surface area contributed by atoms with Gasteiger partial charge in [-0.15, -0.1) is 0 Å². The molecule has 0 unspecified atom stereocenters. The minimum Gasteiger partial charge on any atom is -0.438 e. The molecule has 1 aromatic carbocycles. The minimum atomic E-state index is -3.92. The van der Waals surface area contributed by atoms with Gasteiger partial charge in [-0.2, -0.15) is 9.40 Å². The van der Waals surface area contributed by atoms with Crippen LogP contribution < -0.4 is 11.1 Å². The monoisotopic (exact) mass is 490 g/mol. The molecule has 180 valence electrons. The maximum absolute atomic E-state index is 13.2. The Kier molecular flexibility index (Phi) is 6.50. The lowest BCUT2D eigenvalue weighted by Gasteiger charge is -2.32. The first kappa shape index (κ1) is 23.6. The number of aryl methyl sites for hydroxylation is 1. The van der Waals surface area contributed by atoms with Gasteiger partial charge in [0.1, 0.15) is 11.6 Å². The van der Waals surface area contributed by atoms with E-state index >= 15 is 0 Å². The summed E-state index contributed by atoms with van der Waals surface area (Å²) in [5.74, 6) is -1.31. The number of hydrogen-bond donors (Lipinski definition) is 2. The van der Waals surface area contributed by atoms with E-state index in [1.807, 2.05) is 4.90 Å². The summed E-state index contributed by atoms with van der Waals surface area (Å²) in [4.78, 5) is 25.6. The lowest BCUT2D eigenvalue weighted by Crippen LogP contribution is -2.50. The summed E-state index contributed by atoms with van der Waals surface area (Å²) in [6, 6.07) is 9.85. The number of aromatic nitrogens is 2. The van der Waals surface area contributed by atoms with Gasteiger partial charge < -0.3 is 15.5 Å². The largest absolute Gasteiger partial charge is 0.438 e. The fraction of sp³-hybridized carbons (Fsp3) is 0.286. The topological polar surface area (TPSA) is 144 Å². The number of benzene rings is 1. The Hall–Kier alpha value is -3.55. The fourth-order valence-corrected chi connectivity index (χ4v) is 4.93. The highest BCUT2D eigenvalue weighted by atomic mass is 32.2. The lowest BCUT2D eigenvalue weighted by atomic mass is 10.3. The molecule has 11 nitrogen and oxygen atoms in total. The van der Waals surface area contributed by atoms with Crippen LogP contribution in [0.3, 0.4) is 0 Å². The van der Waals surface area contributed by atoms with Gasteiger partial charge in [0, 0.05) is 32.2 Å². The molecule has 0 spiro atoms. The van der Waals surface area contributed by atoms with E-state index in [0.29, 0.717) is 30.3 Å². The summed E-state index contributed by atoms with van der Waals surface area (Å²) in [5, 5.41) is 6.80. The van der Waals surface area contributed by atoms with Crippen molar-refractivity contribution in [3.05, 3.63) is 59.7 Å². The van der Waals surface area contributed by atoms with Gasteiger partial charge in [0.15, 0.2) is 5.76 Å². The third-order valence-corrected chi connectivity index (χ3v) is 7.06. The van der Waals surface area contributed by atoms with E-state index in [4.69, 9.17) is 10.2 Å². The summed E-state index contributed by atoms with van der Waals surface area (Å²) < 4.78 is 46.5. The number of piperazine rings is 1. The smallest absolute Gasteiger partial charge is 0.284 e. The van der Waals surface area contributed by atoms with Crippen molar-refractivity contribution in [3.8, 4) is 5.69 Å². The first-order valence-electron chi connectivity index (χ1n) is 10.4. The Morgan fingerprint density at radius 2 is 1.79 bits per heavy atom. The van der Waals surface area contributed by atoms with Crippen LogP contribution in [-0.4, -0.2) is 71.9 Å². The van der Waals surface area contributed by atoms with Gasteiger partial charge in [0.25, 0.3) is 15.9 Å². The first-order chi connectivity index (χ1) is 16.1. The molecule has 3 aromatic rings. The van der Waals surface area contributed by atoms with E-state index in [2.05, 4.69) is 10.4 Å². The van der Waals surface area contributed by atoms with Crippen molar-refractivity contribution in [3.63, 3.8) is 0 Å². The highest BCUT2D eigenvalue weighted by molar-refractivity contribution is 7.89. The van der Waals surface area contributed by atoms with Crippen LogP contribution in [0.5, 0.6) is 0 Å². The molecule has 0 aliphatic carbocycles. The summed E-state index contributed by atoms with van der Waals surface area (Å²) in [6.45, 7) is 2.77. The van der Waals surface area contributed by atoms with E-state index in [0.717, 1.165) is 0 Å². The Labute approximate surface area is 195 Å². The van der Waals surface area contributed by atoms with Crippen LogP contribution in [0.1, 0.15) is 16.2 Å². The average molecular weight is 491 g/mol. The second kappa shape index (κ2) is 9.37. The Morgan fingerprint density at radius 1 is 1.12 bits per heavy atom. The number of anilines is 1. The Balaban J connectivity index is 1.35. The lowest BCUT2D eigenvalue weighted by molar-refractivity contribution is -0.117. The minimum absolute atomic E-state index is 0.0497. The van der Waals surface area contributed by atoms with E-state index < -0.39 is 15.9 Å². The van der Waals surface area contributed by atoms with Gasteiger partial charge in [0.2, 0.25) is 11.0 Å². The Morgan fingerprint density at radius 3 is 2.41 bits per heavy atom. The molecular weight excluding hydrogens is 467 g/mol. The third kappa shape index (κ3) is 5.00. The number of primary amides is 1. The van der Waals surface area contributed by atoms with Crippen LogP contribution in [0, 0.1) is 12.7 Å². The number of nitrogens with one attached hydrogen (secondary N) is 1. The average Bonchev–Trinajstić information content (AvgIpc) is 3.42. The number of carbonyl (C=O) groups excluding carboxylic acids is 2. The SMILES string of the molecule is Cc1cc(NC(=O)CN2CCN(S(=O)(=O)c3ccc(C(N)=O)o3)CC2)n(-c2ccc(F)cc2)n1. The molecule has 0 saturated carbocycles. The maximum atomic E-state index is 13.2. The van der Waals surface area contributed by atoms with Crippen molar-refractivity contribution in [2.24, 2.45) is 5.73 Å². The number of sulfonamides is 1. The standard InChI is InChI=1S/C21H23FN6O5S/c1-14-12-18(28(25-14)16-4-2-15(22)3-5-16)24-19(29)13-26-8-10-27(11-9-26)34(31,32)20-7-6-17(33-20)21(23)30/h2-7,12H,8-11,13H2,1H3,(H2,23,30)(H,24,29). The molecule has 1 fully saturated rings. The Bertz CT molecular complexity index is 1310. The maximum Gasteiger partial charge on any atom is 0.284 e. The molecule has 3 N–H and O–H groups in total. The summed E-state index contributed by atoms with van der Waals surface area (Å²) in [7, 11) is -3.92. The molecule has 0 atom stereocenters. The van der Waals surface area contributed by atoms with Gasteiger partial charge in [0.05, 0.1) is 17.9 Å². The van der Waals surface area contributed by atoms with Crippen molar-refractivity contribution in [1.29, 1.82) is 0 Å². The highest BCUT2D eigenvalue weighted by Gasteiger charge is 2.32. The predicted octanol–water partition coefficient (Wildman–Crippen LogP) is 0.957. The second-order valence-corrected chi connectivity index (χ2v) is 9.64. The number of halogens is 1. The zero-order chi connectivity index (χ0) is 24.5. The van der Waals surface area contributed by atoms with E-state index in [1.165, 1.54) is 33.3 Å².